The Hall–Kier alpha value is -2.34. The number of hydrogen-bond acceptors (Lipinski definition) is 0. The Kier molecular flexibility index (Phi) is 38.4. The van der Waals surface area contributed by atoms with Gasteiger partial charge < -0.3 is 0 Å². The van der Waals surface area contributed by atoms with Crippen LogP contribution in [0.3, 0.4) is 0 Å². The number of benzene rings is 1. The van der Waals surface area contributed by atoms with Gasteiger partial charge >= 0.3 is 0 Å². The minimum atomic E-state index is 0. The predicted molar refractivity (Wildman–Crippen MR) is 136 cm³/mol. The summed E-state index contributed by atoms with van der Waals surface area (Å²) >= 11 is 0. The summed E-state index contributed by atoms with van der Waals surface area (Å²) in [6.07, 6.45) is 22.0. The molecule has 0 aliphatic carbocycles. The second kappa shape index (κ2) is 32.3. The highest BCUT2D eigenvalue weighted by molar-refractivity contribution is 5.47. The average molecular weight is 383 g/mol. The molecule has 0 atom stereocenters. The summed E-state index contributed by atoms with van der Waals surface area (Å²) in [4.78, 5) is 0. The first kappa shape index (κ1) is 33.3. The van der Waals surface area contributed by atoms with E-state index in [-0.39, 0.29) is 7.43 Å². The van der Waals surface area contributed by atoms with Gasteiger partial charge in [-0.3, -0.25) is 0 Å². The van der Waals surface area contributed by atoms with Gasteiger partial charge in [0, 0.05) is 0 Å². The van der Waals surface area contributed by atoms with Crippen molar-refractivity contribution in [3.05, 3.63) is 108 Å². The van der Waals surface area contributed by atoms with Crippen molar-refractivity contribution in [3.63, 3.8) is 0 Å². The van der Waals surface area contributed by atoms with E-state index in [1.54, 1.807) is 0 Å². The maximum absolute atomic E-state index is 2.25. The summed E-state index contributed by atoms with van der Waals surface area (Å²) < 4.78 is 0. The second-order valence-corrected chi connectivity index (χ2v) is 4.74. The Labute approximate surface area is 177 Å². The van der Waals surface area contributed by atoms with Gasteiger partial charge in [-0.05, 0) is 38.3 Å². The zero-order chi connectivity index (χ0) is 21.2. The Morgan fingerprint density at radius 1 is 0.607 bits per heavy atom. The smallest absolute Gasteiger partial charge is 0.0227 e. The van der Waals surface area contributed by atoms with E-state index in [4.69, 9.17) is 0 Å². The normalized spacial score (nSPS) is 11.3. The fourth-order valence-electron chi connectivity index (χ4n) is 1.79. The van der Waals surface area contributed by atoms with Crippen molar-refractivity contribution in [2.24, 2.45) is 0 Å². The standard InChI is InChI=1S/C17H24.C6H6.2C2H6.CH4/c1-5-9-11-14-16(8-4)17(13-7-3)15-12-10-6-2;1-2-4-6-5-3-1;2*1-2;/h5-6,8-15H,7H2,1-4H3;1-6H;2*1-2H3;1H4/b9-5-,10-6-,14-11-,15-12-,16-8+,17-13+;;;;. The minimum Gasteiger partial charge on any atom is -0.0877 e. The van der Waals surface area contributed by atoms with Crippen LogP contribution in [0.5, 0.6) is 0 Å². The van der Waals surface area contributed by atoms with Crippen molar-refractivity contribution >= 4 is 0 Å². The maximum Gasteiger partial charge on any atom is -0.0227 e. The average Bonchev–Trinajstić information content (AvgIpc) is 2.76. The SMILES string of the molecule is C.CC.CC.C\C=C/C=C\C(=C/C)C(\C=C/C=C\C)=C\CC.c1ccccc1. The molecule has 0 spiro atoms. The highest BCUT2D eigenvalue weighted by Crippen LogP contribution is 2.14. The molecule has 0 bridgehead atoms. The van der Waals surface area contributed by atoms with E-state index in [2.05, 4.69) is 50.3 Å². The van der Waals surface area contributed by atoms with Crippen LogP contribution in [0.4, 0.5) is 0 Å². The minimum absolute atomic E-state index is 0. The van der Waals surface area contributed by atoms with E-state index < -0.39 is 0 Å². The largest absolute Gasteiger partial charge is 0.0877 e. The van der Waals surface area contributed by atoms with Crippen LogP contribution in [0.15, 0.2) is 108 Å². The summed E-state index contributed by atoms with van der Waals surface area (Å²) in [5, 5.41) is 0. The number of allylic oxidation sites excluding steroid dienone is 12. The lowest BCUT2D eigenvalue weighted by atomic mass is 10.0. The van der Waals surface area contributed by atoms with Crippen molar-refractivity contribution in [2.45, 2.75) is 69.2 Å². The molecule has 158 valence electrons. The van der Waals surface area contributed by atoms with Crippen molar-refractivity contribution in [2.75, 3.05) is 0 Å². The summed E-state index contributed by atoms with van der Waals surface area (Å²) in [6.45, 7) is 16.3. The van der Waals surface area contributed by atoms with E-state index in [1.807, 2.05) is 102 Å². The fraction of sp³-hybridized carbons (Fsp3) is 0.357. The van der Waals surface area contributed by atoms with Gasteiger partial charge in [-0.1, -0.05) is 139 Å². The molecular formula is C28H46. The molecule has 0 N–H and O–H groups in total. The summed E-state index contributed by atoms with van der Waals surface area (Å²) in [5.41, 5.74) is 2.53. The van der Waals surface area contributed by atoms with Crippen molar-refractivity contribution in [1.29, 1.82) is 0 Å². The Bertz CT molecular complexity index is 522. The van der Waals surface area contributed by atoms with Crippen LogP contribution in [0, 0.1) is 0 Å². The lowest BCUT2D eigenvalue weighted by Gasteiger charge is -2.02. The first-order valence-corrected chi connectivity index (χ1v) is 10.3. The molecule has 0 amide bonds. The molecule has 0 saturated heterocycles. The first-order valence-electron chi connectivity index (χ1n) is 10.3. The molecule has 0 nitrogen and oxygen atoms in total. The van der Waals surface area contributed by atoms with Gasteiger partial charge in [-0.25, -0.2) is 0 Å². The zero-order valence-electron chi connectivity index (χ0n) is 18.9. The lowest BCUT2D eigenvalue weighted by Crippen LogP contribution is -1.82. The van der Waals surface area contributed by atoms with Crippen LogP contribution in [-0.2, 0) is 0 Å². The summed E-state index contributed by atoms with van der Waals surface area (Å²) in [5.74, 6) is 0. The monoisotopic (exact) mass is 382 g/mol. The molecule has 0 saturated carbocycles. The molecule has 0 heterocycles. The fourth-order valence-corrected chi connectivity index (χ4v) is 1.79. The van der Waals surface area contributed by atoms with Crippen LogP contribution >= 0.6 is 0 Å². The van der Waals surface area contributed by atoms with Crippen molar-refractivity contribution in [3.8, 4) is 0 Å². The first-order chi connectivity index (χ1) is 13.3. The van der Waals surface area contributed by atoms with Gasteiger partial charge in [0.15, 0.2) is 0 Å². The summed E-state index contributed by atoms with van der Waals surface area (Å²) in [6, 6.07) is 12.0. The second-order valence-electron chi connectivity index (χ2n) is 4.74. The van der Waals surface area contributed by atoms with E-state index in [1.165, 1.54) is 11.1 Å². The third-order valence-electron chi connectivity index (χ3n) is 2.89. The zero-order valence-corrected chi connectivity index (χ0v) is 18.9. The molecule has 28 heavy (non-hydrogen) atoms. The molecule has 1 aromatic carbocycles. The maximum atomic E-state index is 2.25. The molecule has 0 heteroatoms. The molecule has 1 aromatic rings. The highest BCUT2D eigenvalue weighted by atomic mass is 14.0. The van der Waals surface area contributed by atoms with Crippen molar-refractivity contribution < 1.29 is 0 Å². The third kappa shape index (κ3) is 23.7. The van der Waals surface area contributed by atoms with Crippen molar-refractivity contribution in [1.82, 2.24) is 0 Å². The topological polar surface area (TPSA) is 0 Å². The van der Waals surface area contributed by atoms with E-state index in [9.17, 15) is 0 Å². The lowest BCUT2D eigenvalue weighted by molar-refractivity contribution is 1.20. The van der Waals surface area contributed by atoms with E-state index in [0.29, 0.717) is 0 Å². The highest BCUT2D eigenvalue weighted by Gasteiger charge is 1.95. The molecule has 0 aliphatic rings. The Morgan fingerprint density at radius 3 is 1.25 bits per heavy atom. The Balaban J connectivity index is -0.000000217. The Morgan fingerprint density at radius 2 is 0.964 bits per heavy atom. The molecule has 0 unspecified atom stereocenters. The van der Waals surface area contributed by atoms with Crippen LogP contribution in [0.1, 0.15) is 69.2 Å². The molecule has 0 fully saturated rings. The number of hydrogen-bond donors (Lipinski definition) is 0. The molecule has 0 aliphatic heterocycles. The molecule has 1 rings (SSSR count). The van der Waals surface area contributed by atoms with Crippen LogP contribution in [-0.4, -0.2) is 0 Å². The number of rotatable bonds is 6. The summed E-state index contributed by atoms with van der Waals surface area (Å²) in [7, 11) is 0. The van der Waals surface area contributed by atoms with Gasteiger partial charge in [0.05, 0.1) is 0 Å². The quantitative estimate of drug-likeness (QED) is 0.429. The van der Waals surface area contributed by atoms with E-state index in [0.717, 1.165) is 6.42 Å². The van der Waals surface area contributed by atoms with Gasteiger partial charge in [0.25, 0.3) is 0 Å². The van der Waals surface area contributed by atoms with Gasteiger partial charge in [0.1, 0.15) is 0 Å². The van der Waals surface area contributed by atoms with Gasteiger partial charge in [-0.15, -0.1) is 0 Å². The molecule has 0 radical (unpaired) electrons. The van der Waals surface area contributed by atoms with Crippen LogP contribution < -0.4 is 0 Å². The third-order valence-corrected chi connectivity index (χ3v) is 2.89. The van der Waals surface area contributed by atoms with Crippen LogP contribution in [0.25, 0.3) is 0 Å². The predicted octanol–water partition coefficient (Wildman–Crippen LogP) is 9.91. The van der Waals surface area contributed by atoms with E-state index >= 15 is 0 Å². The van der Waals surface area contributed by atoms with Crippen LogP contribution in [0.2, 0.25) is 0 Å². The van der Waals surface area contributed by atoms with Gasteiger partial charge in [-0.2, -0.15) is 0 Å². The van der Waals surface area contributed by atoms with Gasteiger partial charge in [0.2, 0.25) is 0 Å². The molecular weight excluding hydrogens is 336 g/mol. The molecule has 0 aromatic heterocycles.